The Morgan fingerprint density at radius 1 is 1.42 bits per heavy atom. The molecule has 1 saturated heterocycles. The van der Waals surface area contributed by atoms with Crippen LogP contribution in [-0.4, -0.2) is 28.5 Å². The quantitative estimate of drug-likeness (QED) is 0.380. The minimum absolute atomic E-state index is 0.188. The number of rotatable bonds is 3. The van der Waals surface area contributed by atoms with Gasteiger partial charge in [0.25, 0.3) is 0 Å². The van der Waals surface area contributed by atoms with E-state index in [4.69, 9.17) is 10.9 Å². The van der Waals surface area contributed by atoms with E-state index < -0.39 is 0 Å². The van der Waals surface area contributed by atoms with Crippen molar-refractivity contribution >= 4 is 5.84 Å². The Labute approximate surface area is 114 Å². The van der Waals surface area contributed by atoms with Crippen molar-refractivity contribution in [3.05, 3.63) is 35.4 Å². The highest BCUT2D eigenvalue weighted by Gasteiger charge is 2.25. The van der Waals surface area contributed by atoms with Crippen LogP contribution in [0.2, 0.25) is 0 Å². The standard InChI is InChI=1S/C15H23N3O/c1-11-6-5-9-18(12(11)2)10-13-7-3-4-8-14(13)15(16)17-19/h3-4,7-8,11-12,19H,5-6,9-10H2,1-2H3,(H2,16,17). The molecule has 0 amide bonds. The summed E-state index contributed by atoms with van der Waals surface area (Å²) < 4.78 is 0. The number of hydrogen-bond donors (Lipinski definition) is 2. The summed E-state index contributed by atoms with van der Waals surface area (Å²) >= 11 is 0. The summed E-state index contributed by atoms with van der Waals surface area (Å²) in [6.45, 7) is 6.58. The fourth-order valence-electron chi connectivity index (χ4n) is 2.82. The zero-order valence-electron chi connectivity index (χ0n) is 11.7. The second kappa shape index (κ2) is 6.06. The van der Waals surface area contributed by atoms with Gasteiger partial charge in [-0.3, -0.25) is 4.90 Å². The van der Waals surface area contributed by atoms with Crippen molar-refractivity contribution in [1.29, 1.82) is 0 Å². The molecule has 0 radical (unpaired) electrons. The predicted molar refractivity (Wildman–Crippen MR) is 77.2 cm³/mol. The molecule has 19 heavy (non-hydrogen) atoms. The van der Waals surface area contributed by atoms with Crippen molar-refractivity contribution in [2.75, 3.05) is 6.54 Å². The summed E-state index contributed by atoms with van der Waals surface area (Å²) in [4.78, 5) is 2.48. The molecule has 1 aromatic rings. The van der Waals surface area contributed by atoms with Crippen molar-refractivity contribution in [3.8, 4) is 0 Å². The SMILES string of the molecule is CC1CCCN(Cc2ccccc2C(N)=NO)C1C. The van der Waals surface area contributed by atoms with Crippen LogP contribution in [0.15, 0.2) is 29.4 Å². The smallest absolute Gasteiger partial charge is 0.170 e. The van der Waals surface area contributed by atoms with Crippen LogP contribution in [0.4, 0.5) is 0 Å². The Balaban J connectivity index is 2.19. The number of hydrogen-bond acceptors (Lipinski definition) is 3. The summed E-state index contributed by atoms with van der Waals surface area (Å²) in [6.07, 6.45) is 2.55. The van der Waals surface area contributed by atoms with E-state index in [1.807, 2.05) is 18.2 Å². The first-order valence-corrected chi connectivity index (χ1v) is 6.93. The van der Waals surface area contributed by atoms with Crippen LogP contribution in [0.3, 0.4) is 0 Å². The third-order valence-electron chi connectivity index (χ3n) is 4.28. The van der Waals surface area contributed by atoms with Gasteiger partial charge in [0.2, 0.25) is 0 Å². The molecule has 0 spiro atoms. The van der Waals surface area contributed by atoms with Crippen LogP contribution in [0.1, 0.15) is 37.8 Å². The molecule has 104 valence electrons. The van der Waals surface area contributed by atoms with Gasteiger partial charge in [-0.05, 0) is 37.8 Å². The Bertz CT molecular complexity index is 458. The van der Waals surface area contributed by atoms with Gasteiger partial charge in [0.1, 0.15) is 0 Å². The molecule has 2 unspecified atom stereocenters. The molecule has 1 aliphatic heterocycles. The monoisotopic (exact) mass is 261 g/mol. The normalized spacial score (nSPS) is 25.5. The van der Waals surface area contributed by atoms with Gasteiger partial charge in [-0.25, -0.2) is 0 Å². The number of amidine groups is 1. The number of oxime groups is 1. The lowest BCUT2D eigenvalue weighted by molar-refractivity contribution is 0.106. The molecule has 0 saturated carbocycles. The molecular formula is C15H23N3O. The molecule has 1 aromatic carbocycles. The fraction of sp³-hybridized carbons (Fsp3) is 0.533. The highest BCUT2D eigenvalue weighted by Crippen LogP contribution is 2.25. The van der Waals surface area contributed by atoms with Crippen molar-refractivity contribution in [1.82, 2.24) is 4.90 Å². The van der Waals surface area contributed by atoms with Crippen LogP contribution in [0, 0.1) is 5.92 Å². The highest BCUT2D eigenvalue weighted by molar-refractivity contribution is 5.98. The molecule has 0 aliphatic carbocycles. The largest absolute Gasteiger partial charge is 0.409 e. The van der Waals surface area contributed by atoms with Gasteiger partial charge in [0, 0.05) is 18.2 Å². The van der Waals surface area contributed by atoms with E-state index in [1.165, 1.54) is 12.8 Å². The van der Waals surface area contributed by atoms with E-state index in [-0.39, 0.29) is 5.84 Å². The molecule has 0 bridgehead atoms. The fourth-order valence-corrected chi connectivity index (χ4v) is 2.82. The highest BCUT2D eigenvalue weighted by atomic mass is 16.4. The second-order valence-electron chi connectivity index (χ2n) is 5.47. The van der Waals surface area contributed by atoms with Crippen molar-refractivity contribution < 1.29 is 5.21 Å². The summed E-state index contributed by atoms with van der Waals surface area (Å²) in [5.41, 5.74) is 7.70. The Morgan fingerprint density at radius 2 is 2.16 bits per heavy atom. The van der Waals surface area contributed by atoms with E-state index in [0.717, 1.165) is 30.1 Å². The first-order chi connectivity index (χ1) is 9.13. The van der Waals surface area contributed by atoms with Crippen molar-refractivity contribution in [3.63, 3.8) is 0 Å². The molecule has 1 aliphatic rings. The molecular weight excluding hydrogens is 238 g/mol. The Hall–Kier alpha value is -1.55. The van der Waals surface area contributed by atoms with Gasteiger partial charge in [0.05, 0.1) is 0 Å². The van der Waals surface area contributed by atoms with Crippen LogP contribution in [-0.2, 0) is 6.54 Å². The van der Waals surface area contributed by atoms with Crippen LogP contribution >= 0.6 is 0 Å². The molecule has 1 heterocycles. The number of benzene rings is 1. The van der Waals surface area contributed by atoms with E-state index in [0.29, 0.717) is 6.04 Å². The minimum Gasteiger partial charge on any atom is -0.409 e. The van der Waals surface area contributed by atoms with E-state index in [1.54, 1.807) is 0 Å². The molecule has 2 rings (SSSR count). The molecule has 2 atom stereocenters. The van der Waals surface area contributed by atoms with Gasteiger partial charge in [-0.15, -0.1) is 0 Å². The Morgan fingerprint density at radius 3 is 2.89 bits per heavy atom. The van der Waals surface area contributed by atoms with Gasteiger partial charge in [-0.1, -0.05) is 36.3 Å². The third-order valence-corrected chi connectivity index (χ3v) is 4.28. The zero-order chi connectivity index (χ0) is 13.8. The second-order valence-corrected chi connectivity index (χ2v) is 5.47. The summed E-state index contributed by atoms with van der Waals surface area (Å²) in [5.74, 6) is 0.915. The predicted octanol–water partition coefficient (Wildman–Crippen LogP) is 2.40. The van der Waals surface area contributed by atoms with Crippen LogP contribution in [0.5, 0.6) is 0 Å². The average molecular weight is 261 g/mol. The lowest BCUT2D eigenvalue weighted by atomic mass is 9.91. The average Bonchev–Trinajstić information content (AvgIpc) is 2.43. The van der Waals surface area contributed by atoms with Crippen LogP contribution in [0.25, 0.3) is 0 Å². The number of likely N-dealkylation sites (tertiary alicyclic amines) is 1. The van der Waals surface area contributed by atoms with Gasteiger partial charge < -0.3 is 10.9 Å². The van der Waals surface area contributed by atoms with Crippen molar-refractivity contribution in [2.45, 2.75) is 39.3 Å². The summed E-state index contributed by atoms with van der Waals surface area (Å²) in [7, 11) is 0. The first-order valence-electron chi connectivity index (χ1n) is 6.93. The third kappa shape index (κ3) is 3.07. The van der Waals surface area contributed by atoms with E-state index >= 15 is 0 Å². The maximum Gasteiger partial charge on any atom is 0.170 e. The lowest BCUT2D eigenvalue weighted by Gasteiger charge is -2.38. The summed E-state index contributed by atoms with van der Waals surface area (Å²) in [5, 5.41) is 12.0. The lowest BCUT2D eigenvalue weighted by Crippen LogP contribution is -2.42. The van der Waals surface area contributed by atoms with Gasteiger partial charge in [-0.2, -0.15) is 0 Å². The minimum atomic E-state index is 0.188. The maximum absolute atomic E-state index is 8.86. The van der Waals surface area contributed by atoms with Crippen molar-refractivity contribution in [2.24, 2.45) is 16.8 Å². The molecule has 4 heteroatoms. The molecule has 4 nitrogen and oxygen atoms in total. The van der Waals surface area contributed by atoms with Gasteiger partial charge in [0.15, 0.2) is 5.84 Å². The maximum atomic E-state index is 8.86. The number of piperidine rings is 1. The Kier molecular flexibility index (Phi) is 4.43. The van der Waals surface area contributed by atoms with E-state index in [2.05, 4.69) is 30.0 Å². The molecule has 3 N–H and O–H groups in total. The topological polar surface area (TPSA) is 61.8 Å². The van der Waals surface area contributed by atoms with E-state index in [9.17, 15) is 0 Å². The molecule has 1 fully saturated rings. The molecule has 0 aromatic heterocycles. The first kappa shape index (κ1) is 13.9. The number of nitrogens with zero attached hydrogens (tertiary/aromatic N) is 2. The van der Waals surface area contributed by atoms with Gasteiger partial charge >= 0.3 is 0 Å². The number of nitrogens with two attached hydrogens (primary N) is 1. The van der Waals surface area contributed by atoms with Crippen LogP contribution < -0.4 is 5.73 Å². The summed E-state index contributed by atoms with van der Waals surface area (Å²) in [6, 6.07) is 8.46. The zero-order valence-corrected chi connectivity index (χ0v) is 11.7.